The van der Waals surface area contributed by atoms with Crippen LogP contribution in [0.3, 0.4) is 0 Å². The number of hydrogen-bond acceptors (Lipinski definition) is 3. The van der Waals surface area contributed by atoms with E-state index < -0.39 is 0 Å². The zero-order valence-corrected chi connectivity index (χ0v) is 8.44. The topological polar surface area (TPSA) is 53.0 Å². The van der Waals surface area contributed by atoms with Gasteiger partial charge in [0.05, 0.1) is 19.3 Å². The van der Waals surface area contributed by atoms with E-state index in [9.17, 15) is 0 Å². The Hall–Kier alpha value is -0.380. The highest BCUT2D eigenvalue weighted by Crippen LogP contribution is 2.23. The Bertz CT molecular complexity index is 120. The van der Waals surface area contributed by atoms with Gasteiger partial charge in [0.1, 0.15) is 6.10 Å². The van der Waals surface area contributed by atoms with Gasteiger partial charge < -0.3 is 14.9 Å². The molecular formula is C10H20O3. The SMILES string of the molecule is CC/C=C\CO.CC[C@@H]1O[C@@H]1CO. The molecule has 3 nitrogen and oxygen atoms in total. The molecule has 1 aliphatic heterocycles. The van der Waals surface area contributed by atoms with E-state index in [1.165, 1.54) is 0 Å². The third-order valence-electron chi connectivity index (χ3n) is 1.78. The van der Waals surface area contributed by atoms with Gasteiger partial charge >= 0.3 is 0 Å². The molecule has 1 rings (SSSR count). The van der Waals surface area contributed by atoms with Gasteiger partial charge in [-0.2, -0.15) is 0 Å². The van der Waals surface area contributed by atoms with Gasteiger partial charge in [-0.3, -0.25) is 0 Å². The molecule has 0 amide bonds. The summed E-state index contributed by atoms with van der Waals surface area (Å²) >= 11 is 0. The number of epoxide rings is 1. The van der Waals surface area contributed by atoms with Crippen LogP contribution in [0.2, 0.25) is 0 Å². The summed E-state index contributed by atoms with van der Waals surface area (Å²) in [6, 6.07) is 0. The normalized spacial score (nSPS) is 25.5. The van der Waals surface area contributed by atoms with Gasteiger partial charge in [-0.1, -0.05) is 26.0 Å². The molecule has 0 unspecified atom stereocenters. The number of ether oxygens (including phenoxy) is 1. The van der Waals surface area contributed by atoms with Crippen LogP contribution in [0, 0.1) is 0 Å². The van der Waals surface area contributed by atoms with Crippen LogP contribution in [-0.2, 0) is 4.74 Å². The molecule has 2 atom stereocenters. The minimum Gasteiger partial charge on any atom is -0.394 e. The Labute approximate surface area is 80.0 Å². The Morgan fingerprint density at radius 3 is 2.00 bits per heavy atom. The van der Waals surface area contributed by atoms with Gasteiger partial charge in [0.2, 0.25) is 0 Å². The highest BCUT2D eigenvalue weighted by Gasteiger charge is 2.35. The fourth-order valence-electron chi connectivity index (χ4n) is 0.940. The lowest BCUT2D eigenvalue weighted by molar-refractivity contribution is 0.242. The smallest absolute Gasteiger partial charge is 0.107 e. The molecule has 1 saturated heterocycles. The zero-order valence-electron chi connectivity index (χ0n) is 8.44. The number of allylic oxidation sites excluding steroid dienone is 1. The first-order valence-corrected chi connectivity index (χ1v) is 4.82. The number of hydrogen-bond donors (Lipinski definition) is 2. The largest absolute Gasteiger partial charge is 0.394 e. The standard InChI is InChI=1S/C5H10O2.C5H10O/c1-2-4-5(3-6)7-4;1-2-3-4-5-6/h4-6H,2-3H2,1H3;3-4,6H,2,5H2,1H3/b;4-3-/t4-,5+;/m0./s1. The summed E-state index contributed by atoms with van der Waals surface area (Å²) in [6.07, 6.45) is 6.25. The van der Waals surface area contributed by atoms with Crippen LogP contribution in [0.15, 0.2) is 12.2 Å². The van der Waals surface area contributed by atoms with Crippen molar-refractivity contribution in [2.45, 2.75) is 38.9 Å². The summed E-state index contributed by atoms with van der Waals surface area (Å²) in [5.41, 5.74) is 0. The first-order valence-electron chi connectivity index (χ1n) is 4.82. The number of rotatable bonds is 4. The molecule has 1 heterocycles. The lowest BCUT2D eigenvalue weighted by atomic mass is 10.3. The maximum atomic E-state index is 8.38. The summed E-state index contributed by atoms with van der Waals surface area (Å²) in [5.74, 6) is 0. The number of aliphatic hydroxyl groups excluding tert-OH is 2. The van der Waals surface area contributed by atoms with Crippen LogP contribution in [0.5, 0.6) is 0 Å². The Balaban J connectivity index is 0.000000226. The minimum absolute atomic E-state index is 0.171. The summed E-state index contributed by atoms with van der Waals surface area (Å²) in [6.45, 7) is 4.46. The molecule has 2 N–H and O–H groups in total. The molecule has 0 aliphatic carbocycles. The van der Waals surface area contributed by atoms with Crippen molar-refractivity contribution in [1.29, 1.82) is 0 Å². The monoisotopic (exact) mass is 188 g/mol. The van der Waals surface area contributed by atoms with Gasteiger partial charge in [0.15, 0.2) is 0 Å². The van der Waals surface area contributed by atoms with Crippen molar-refractivity contribution in [2.24, 2.45) is 0 Å². The van der Waals surface area contributed by atoms with Gasteiger partial charge in [-0.15, -0.1) is 0 Å². The highest BCUT2D eigenvalue weighted by atomic mass is 16.6. The van der Waals surface area contributed by atoms with E-state index in [1.54, 1.807) is 6.08 Å². The average molecular weight is 188 g/mol. The van der Waals surface area contributed by atoms with Gasteiger partial charge in [0.25, 0.3) is 0 Å². The summed E-state index contributed by atoms with van der Waals surface area (Å²) in [7, 11) is 0. The quantitative estimate of drug-likeness (QED) is 0.513. The fourth-order valence-corrected chi connectivity index (χ4v) is 0.940. The molecule has 0 aromatic rings. The van der Waals surface area contributed by atoms with Crippen LogP contribution < -0.4 is 0 Å². The summed E-state index contributed by atoms with van der Waals surface area (Å²) in [4.78, 5) is 0. The van der Waals surface area contributed by atoms with Crippen molar-refractivity contribution >= 4 is 0 Å². The van der Waals surface area contributed by atoms with E-state index in [1.807, 2.05) is 13.0 Å². The lowest BCUT2D eigenvalue weighted by Gasteiger charge is -1.78. The van der Waals surface area contributed by atoms with Crippen LogP contribution in [0.25, 0.3) is 0 Å². The second-order valence-corrected chi connectivity index (χ2v) is 2.87. The molecule has 0 saturated carbocycles. The van der Waals surface area contributed by atoms with Crippen molar-refractivity contribution in [1.82, 2.24) is 0 Å². The first kappa shape index (κ1) is 12.6. The molecule has 1 aliphatic rings. The van der Waals surface area contributed by atoms with E-state index in [2.05, 4.69) is 6.92 Å². The first-order chi connectivity index (χ1) is 6.29. The molecule has 1 fully saturated rings. The lowest BCUT2D eigenvalue weighted by Crippen LogP contribution is -1.96. The predicted octanol–water partition coefficient (Wildman–Crippen LogP) is 1.10. The maximum absolute atomic E-state index is 8.38. The highest BCUT2D eigenvalue weighted by molar-refractivity contribution is 4.81. The molecule has 0 spiro atoms. The second-order valence-electron chi connectivity index (χ2n) is 2.87. The Morgan fingerprint density at radius 1 is 1.15 bits per heavy atom. The van der Waals surface area contributed by atoms with Gasteiger partial charge in [-0.05, 0) is 12.8 Å². The van der Waals surface area contributed by atoms with Crippen LogP contribution in [-0.4, -0.2) is 35.6 Å². The van der Waals surface area contributed by atoms with Crippen LogP contribution in [0.4, 0.5) is 0 Å². The van der Waals surface area contributed by atoms with E-state index in [-0.39, 0.29) is 19.3 Å². The number of aliphatic hydroxyl groups is 2. The third kappa shape index (κ3) is 6.75. The molecule has 78 valence electrons. The Kier molecular flexibility index (Phi) is 7.99. The molecule has 0 radical (unpaired) electrons. The average Bonchev–Trinajstić information content (AvgIpc) is 2.94. The molecular weight excluding hydrogens is 168 g/mol. The Morgan fingerprint density at radius 2 is 1.85 bits per heavy atom. The van der Waals surface area contributed by atoms with E-state index in [4.69, 9.17) is 14.9 Å². The second kappa shape index (κ2) is 8.23. The van der Waals surface area contributed by atoms with Crippen LogP contribution in [0.1, 0.15) is 26.7 Å². The fraction of sp³-hybridized carbons (Fsp3) is 0.800. The van der Waals surface area contributed by atoms with E-state index >= 15 is 0 Å². The summed E-state index contributed by atoms with van der Waals surface area (Å²) < 4.78 is 4.97. The van der Waals surface area contributed by atoms with Crippen molar-refractivity contribution < 1.29 is 14.9 Å². The van der Waals surface area contributed by atoms with E-state index in [0.717, 1.165) is 12.8 Å². The van der Waals surface area contributed by atoms with Gasteiger partial charge in [-0.25, -0.2) is 0 Å². The van der Waals surface area contributed by atoms with Crippen molar-refractivity contribution in [3.05, 3.63) is 12.2 Å². The van der Waals surface area contributed by atoms with Crippen molar-refractivity contribution in [3.8, 4) is 0 Å². The summed E-state index contributed by atoms with van der Waals surface area (Å²) in [5, 5.41) is 16.5. The maximum Gasteiger partial charge on any atom is 0.107 e. The van der Waals surface area contributed by atoms with Crippen LogP contribution >= 0.6 is 0 Å². The van der Waals surface area contributed by atoms with Gasteiger partial charge in [0, 0.05) is 0 Å². The predicted molar refractivity (Wildman–Crippen MR) is 52.6 cm³/mol. The molecule has 0 bridgehead atoms. The van der Waals surface area contributed by atoms with Crippen molar-refractivity contribution in [3.63, 3.8) is 0 Å². The van der Waals surface area contributed by atoms with Crippen molar-refractivity contribution in [2.75, 3.05) is 13.2 Å². The molecule has 0 aromatic heterocycles. The molecule has 13 heavy (non-hydrogen) atoms. The zero-order chi connectivity index (χ0) is 10.1. The molecule has 3 heteroatoms. The third-order valence-corrected chi connectivity index (χ3v) is 1.78. The van der Waals surface area contributed by atoms with E-state index in [0.29, 0.717) is 6.10 Å². The minimum atomic E-state index is 0.171. The molecule has 0 aromatic carbocycles.